The first-order chi connectivity index (χ1) is 15.4. The van der Waals surface area contributed by atoms with Gasteiger partial charge in [-0.2, -0.15) is 0 Å². The molecular formula is C25H32N4O3. The van der Waals surface area contributed by atoms with Gasteiger partial charge in [0, 0.05) is 25.8 Å². The number of fused-ring (bicyclic) bond motifs is 2. The summed E-state index contributed by atoms with van der Waals surface area (Å²) in [7, 11) is 0. The van der Waals surface area contributed by atoms with E-state index in [0.29, 0.717) is 23.5 Å². The van der Waals surface area contributed by atoms with Crippen LogP contribution in [0.5, 0.6) is 11.6 Å². The average Bonchev–Trinajstić information content (AvgIpc) is 2.86. The molecule has 3 heterocycles. The molecule has 2 aromatic rings. The number of ether oxygens (including phenoxy) is 1. The van der Waals surface area contributed by atoms with Crippen molar-refractivity contribution in [2.24, 2.45) is 11.8 Å². The number of piperidine rings is 1. The number of rotatable bonds is 6. The zero-order valence-electron chi connectivity index (χ0n) is 19.1. The third kappa shape index (κ3) is 5.10. The van der Waals surface area contributed by atoms with Gasteiger partial charge in [-0.05, 0) is 68.0 Å². The zero-order valence-corrected chi connectivity index (χ0v) is 19.1. The van der Waals surface area contributed by atoms with Crippen LogP contribution in [0.25, 0.3) is 0 Å². The van der Waals surface area contributed by atoms with Gasteiger partial charge in [0.2, 0.25) is 11.8 Å². The predicted octanol–water partition coefficient (Wildman–Crippen LogP) is 3.63. The number of likely N-dealkylation sites (tertiary alicyclic amines) is 1. The fraction of sp³-hybridized carbons (Fsp3) is 0.480. The Morgan fingerprint density at radius 2 is 2.00 bits per heavy atom. The molecule has 0 saturated carbocycles. The monoisotopic (exact) mass is 436 g/mol. The number of hydrogen-bond acceptors (Lipinski definition) is 5. The van der Waals surface area contributed by atoms with Crippen LogP contribution in [0.4, 0.5) is 5.69 Å². The number of benzene rings is 1. The molecular weight excluding hydrogens is 404 g/mol. The molecule has 1 saturated heterocycles. The molecule has 0 aliphatic carbocycles. The topological polar surface area (TPSA) is 74.8 Å². The van der Waals surface area contributed by atoms with Crippen LogP contribution < -0.4 is 15.0 Å². The number of pyridine rings is 1. The number of aromatic nitrogens is 1. The van der Waals surface area contributed by atoms with Gasteiger partial charge in [0.15, 0.2) is 5.75 Å². The second-order valence-corrected chi connectivity index (χ2v) is 9.23. The van der Waals surface area contributed by atoms with Gasteiger partial charge in [-0.3, -0.25) is 14.5 Å². The molecule has 2 aliphatic rings. The molecule has 0 bridgehead atoms. The van der Waals surface area contributed by atoms with Crippen molar-refractivity contribution in [2.45, 2.75) is 33.6 Å². The number of carbonyl (C=O) groups excluding carboxylic acids is 2. The third-order valence-electron chi connectivity index (χ3n) is 6.08. The van der Waals surface area contributed by atoms with Gasteiger partial charge in [0.25, 0.3) is 5.91 Å². The first-order valence-electron chi connectivity index (χ1n) is 11.4. The van der Waals surface area contributed by atoms with Crippen LogP contribution in [0.2, 0.25) is 0 Å². The summed E-state index contributed by atoms with van der Waals surface area (Å²) in [4.78, 5) is 34.2. The number of amides is 2. The van der Waals surface area contributed by atoms with E-state index in [1.54, 1.807) is 18.3 Å². The lowest BCUT2D eigenvalue weighted by molar-refractivity contribution is -0.119. The van der Waals surface area contributed by atoms with Crippen molar-refractivity contribution in [1.82, 2.24) is 15.2 Å². The second kappa shape index (κ2) is 9.69. The Hall–Kier alpha value is -2.93. The Morgan fingerprint density at radius 1 is 1.22 bits per heavy atom. The van der Waals surface area contributed by atoms with Gasteiger partial charge >= 0.3 is 0 Å². The van der Waals surface area contributed by atoms with E-state index in [4.69, 9.17) is 4.74 Å². The highest BCUT2D eigenvalue weighted by Crippen LogP contribution is 2.38. The van der Waals surface area contributed by atoms with Gasteiger partial charge in [0.1, 0.15) is 12.1 Å². The summed E-state index contributed by atoms with van der Waals surface area (Å²) in [5.41, 5.74) is 1.91. The summed E-state index contributed by atoms with van der Waals surface area (Å²) in [5.74, 6) is 1.76. The minimum Gasteiger partial charge on any atom is -0.436 e. The lowest BCUT2D eigenvalue weighted by Gasteiger charge is -2.34. The maximum absolute atomic E-state index is 13.3. The molecule has 2 amide bonds. The minimum atomic E-state index is -0.288. The third-order valence-corrected chi connectivity index (χ3v) is 6.08. The molecule has 2 atom stereocenters. The van der Waals surface area contributed by atoms with E-state index in [2.05, 4.69) is 29.0 Å². The maximum atomic E-state index is 13.3. The molecule has 0 spiro atoms. The summed E-state index contributed by atoms with van der Waals surface area (Å²) in [6.07, 6.45) is 3.78. The van der Waals surface area contributed by atoms with Crippen LogP contribution in [-0.4, -0.2) is 54.4 Å². The lowest BCUT2D eigenvalue weighted by Crippen LogP contribution is -2.42. The van der Waals surface area contributed by atoms with Crippen molar-refractivity contribution < 1.29 is 14.3 Å². The molecule has 1 aromatic heterocycles. The highest BCUT2D eigenvalue weighted by molar-refractivity contribution is 6.11. The van der Waals surface area contributed by atoms with Gasteiger partial charge in [-0.1, -0.05) is 19.9 Å². The fourth-order valence-electron chi connectivity index (χ4n) is 4.78. The largest absolute Gasteiger partial charge is 0.436 e. The summed E-state index contributed by atoms with van der Waals surface area (Å²) >= 11 is 0. The smallest absolute Gasteiger partial charge is 0.264 e. The Bertz CT molecular complexity index is 983. The second-order valence-electron chi connectivity index (χ2n) is 9.23. The molecule has 1 fully saturated rings. The molecule has 0 radical (unpaired) electrons. The molecule has 7 nitrogen and oxygen atoms in total. The van der Waals surface area contributed by atoms with Gasteiger partial charge < -0.3 is 15.0 Å². The molecule has 1 aromatic carbocycles. The highest BCUT2D eigenvalue weighted by Gasteiger charge is 2.30. The van der Waals surface area contributed by atoms with Crippen LogP contribution in [0, 0.1) is 18.8 Å². The molecule has 2 aliphatic heterocycles. The SMILES string of the molecule is Cc1ccc2c(c1)N(CC(=O)NCCCN1C[C@H](C)C[C@H](C)C1)C(=O)c1cccnc1O2. The van der Waals surface area contributed by atoms with Gasteiger partial charge in [0.05, 0.1) is 5.69 Å². The van der Waals surface area contributed by atoms with Crippen LogP contribution in [0.1, 0.15) is 42.6 Å². The van der Waals surface area contributed by atoms with E-state index in [1.807, 2.05) is 25.1 Å². The Balaban J connectivity index is 1.39. The molecule has 7 heteroatoms. The Labute approximate surface area is 189 Å². The van der Waals surface area contributed by atoms with E-state index in [9.17, 15) is 9.59 Å². The molecule has 4 rings (SSSR count). The standard InChI is InChI=1S/C25H32N4O3/c1-17-7-8-22-21(13-17)29(25(31)20-6-4-9-27-24(20)32-22)16-23(30)26-10-5-11-28-14-18(2)12-19(3)15-28/h4,6-9,13,18-19H,5,10-12,14-16H2,1-3H3,(H,26,30)/t18-,19+. The molecule has 170 valence electrons. The van der Waals surface area contributed by atoms with Crippen LogP contribution in [0.3, 0.4) is 0 Å². The van der Waals surface area contributed by atoms with Crippen molar-refractivity contribution in [2.75, 3.05) is 37.6 Å². The van der Waals surface area contributed by atoms with E-state index >= 15 is 0 Å². The number of anilines is 1. The first-order valence-corrected chi connectivity index (χ1v) is 11.4. The van der Waals surface area contributed by atoms with Crippen molar-refractivity contribution in [1.29, 1.82) is 0 Å². The van der Waals surface area contributed by atoms with Crippen molar-refractivity contribution in [3.05, 3.63) is 47.7 Å². The van der Waals surface area contributed by atoms with E-state index < -0.39 is 0 Å². The molecule has 0 unspecified atom stereocenters. The number of nitrogens with zero attached hydrogens (tertiary/aromatic N) is 3. The summed E-state index contributed by atoms with van der Waals surface area (Å²) in [5, 5.41) is 2.99. The number of nitrogens with one attached hydrogen (secondary N) is 1. The quantitative estimate of drug-likeness (QED) is 0.700. The summed E-state index contributed by atoms with van der Waals surface area (Å²) < 4.78 is 5.91. The molecule has 32 heavy (non-hydrogen) atoms. The molecule has 1 N–H and O–H groups in total. The number of carbonyl (C=O) groups is 2. The van der Waals surface area contributed by atoms with Crippen LogP contribution >= 0.6 is 0 Å². The fourth-order valence-corrected chi connectivity index (χ4v) is 4.78. The van der Waals surface area contributed by atoms with Crippen molar-refractivity contribution in [3.8, 4) is 11.6 Å². The average molecular weight is 437 g/mol. The van der Waals surface area contributed by atoms with Crippen LogP contribution in [-0.2, 0) is 4.79 Å². The Kier molecular flexibility index (Phi) is 6.74. The predicted molar refractivity (Wildman–Crippen MR) is 124 cm³/mol. The highest BCUT2D eigenvalue weighted by atomic mass is 16.5. The number of hydrogen-bond donors (Lipinski definition) is 1. The Morgan fingerprint density at radius 3 is 2.78 bits per heavy atom. The van der Waals surface area contributed by atoms with Crippen LogP contribution in [0.15, 0.2) is 36.5 Å². The maximum Gasteiger partial charge on any atom is 0.264 e. The minimum absolute atomic E-state index is 0.0647. The van der Waals surface area contributed by atoms with Gasteiger partial charge in [-0.25, -0.2) is 4.98 Å². The van der Waals surface area contributed by atoms with Crippen molar-refractivity contribution >= 4 is 17.5 Å². The van der Waals surface area contributed by atoms with E-state index in [1.165, 1.54) is 11.3 Å². The van der Waals surface area contributed by atoms with Crippen molar-refractivity contribution in [3.63, 3.8) is 0 Å². The lowest BCUT2D eigenvalue weighted by atomic mass is 9.92. The summed E-state index contributed by atoms with van der Waals surface area (Å²) in [6.45, 7) is 10.3. The van der Waals surface area contributed by atoms with E-state index in [0.717, 1.165) is 43.5 Å². The first kappa shape index (κ1) is 22.3. The zero-order chi connectivity index (χ0) is 22.7. The number of aryl methyl sites for hydroxylation is 1. The normalized spacial score (nSPS) is 20.7. The van der Waals surface area contributed by atoms with E-state index in [-0.39, 0.29) is 24.2 Å². The summed E-state index contributed by atoms with van der Waals surface area (Å²) in [6, 6.07) is 8.97. The van der Waals surface area contributed by atoms with Gasteiger partial charge in [-0.15, -0.1) is 0 Å².